The molecule has 0 radical (unpaired) electrons. The molecule has 3 heteroatoms. The third-order valence-corrected chi connectivity index (χ3v) is 3.78. The standard InChI is InChI=1S/C14H30N2O/c1-4-12(3)10-16(5-2)9-8-14(11-17)15-13-6-7-13/h12-15,17H,4-11H2,1-3H3. The highest BCUT2D eigenvalue weighted by molar-refractivity contribution is 4.85. The molecule has 0 aromatic heterocycles. The number of nitrogens with one attached hydrogen (secondary N) is 1. The molecule has 1 saturated carbocycles. The highest BCUT2D eigenvalue weighted by atomic mass is 16.3. The van der Waals surface area contributed by atoms with E-state index in [9.17, 15) is 5.11 Å². The lowest BCUT2D eigenvalue weighted by atomic mass is 10.1. The number of aliphatic hydroxyl groups excluding tert-OH is 1. The highest BCUT2D eigenvalue weighted by Crippen LogP contribution is 2.20. The molecule has 3 nitrogen and oxygen atoms in total. The van der Waals surface area contributed by atoms with Gasteiger partial charge in [0.25, 0.3) is 0 Å². The van der Waals surface area contributed by atoms with Crippen molar-refractivity contribution in [2.45, 2.75) is 58.5 Å². The van der Waals surface area contributed by atoms with Crippen LogP contribution in [0.15, 0.2) is 0 Å². The summed E-state index contributed by atoms with van der Waals surface area (Å²) in [5, 5.41) is 12.8. The van der Waals surface area contributed by atoms with Crippen molar-refractivity contribution in [2.75, 3.05) is 26.2 Å². The van der Waals surface area contributed by atoms with Gasteiger partial charge in [0, 0.05) is 18.6 Å². The van der Waals surface area contributed by atoms with Crippen molar-refractivity contribution in [3.8, 4) is 0 Å². The van der Waals surface area contributed by atoms with Gasteiger partial charge in [0.2, 0.25) is 0 Å². The van der Waals surface area contributed by atoms with Crippen molar-refractivity contribution >= 4 is 0 Å². The fraction of sp³-hybridized carbons (Fsp3) is 1.00. The molecule has 0 amide bonds. The Kier molecular flexibility index (Phi) is 7.09. The maximum atomic E-state index is 9.34. The molecule has 2 unspecified atom stereocenters. The van der Waals surface area contributed by atoms with Gasteiger partial charge in [-0.05, 0) is 38.3 Å². The fourth-order valence-corrected chi connectivity index (χ4v) is 2.10. The van der Waals surface area contributed by atoms with Crippen molar-refractivity contribution in [3.05, 3.63) is 0 Å². The summed E-state index contributed by atoms with van der Waals surface area (Å²) in [6.07, 6.45) is 4.90. The first-order valence-electron chi connectivity index (χ1n) is 7.28. The van der Waals surface area contributed by atoms with Gasteiger partial charge in [-0.3, -0.25) is 0 Å². The second kappa shape index (κ2) is 8.06. The van der Waals surface area contributed by atoms with E-state index in [0.717, 1.165) is 25.4 Å². The summed E-state index contributed by atoms with van der Waals surface area (Å²) in [6, 6.07) is 0.991. The summed E-state index contributed by atoms with van der Waals surface area (Å²) < 4.78 is 0. The van der Waals surface area contributed by atoms with Gasteiger partial charge in [-0.1, -0.05) is 27.2 Å². The zero-order valence-electron chi connectivity index (χ0n) is 11.8. The van der Waals surface area contributed by atoms with E-state index in [2.05, 4.69) is 31.0 Å². The monoisotopic (exact) mass is 242 g/mol. The molecule has 1 aliphatic rings. The quantitative estimate of drug-likeness (QED) is 0.614. The minimum atomic E-state index is 0.275. The summed E-state index contributed by atoms with van der Waals surface area (Å²) >= 11 is 0. The molecular weight excluding hydrogens is 212 g/mol. The summed E-state index contributed by atoms with van der Waals surface area (Å²) in [5.41, 5.74) is 0. The number of hydrogen-bond donors (Lipinski definition) is 2. The lowest BCUT2D eigenvalue weighted by molar-refractivity contribution is 0.195. The predicted molar refractivity (Wildman–Crippen MR) is 73.2 cm³/mol. The van der Waals surface area contributed by atoms with Crippen LogP contribution >= 0.6 is 0 Å². The summed E-state index contributed by atoms with van der Waals surface area (Å²) in [6.45, 7) is 10.5. The van der Waals surface area contributed by atoms with Crippen LogP contribution < -0.4 is 5.32 Å². The van der Waals surface area contributed by atoms with E-state index in [1.54, 1.807) is 0 Å². The average Bonchev–Trinajstić information content (AvgIpc) is 3.15. The van der Waals surface area contributed by atoms with Crippen molar-refractivity contribution in [3.63, 3.8) is 0 Å². The molecule has 0 heterocycles. The van der Waals surface area contributed by atoms with Crippen LogP contribution in [0.2, 0.25) is 0 Å². The second-order valence-corrected chi connectivity index (χ2v) is 5.52. The number of aliphatic hydroxyl groups is 1. The minimum absolute atomic E-state index is 0.275. The molecule has 0 aromatic carbocycles. The van der Waals surface area contributed by atoms with Crippen LogP contribution in [0.3, 0.4) is 0 Å². The number of rotatable bonds is 10. The van der Waals surface area contributed by atoms with Crippen LogP contribution in [0, 0.1) is 5.92 Å². The number of nitrogens with zero attached hydrogens (tertiary/aromatic N) is 1. The Labute approximate surface area is 107 Å². The normalized spacial score (nSPS) is 19.6. The van der Waals surface area contributed by atoms with Crippen LogP contribution in [-0.4, -0.2) is 48.3 Å². The third-order valence-electron chi connectivity index (χ3n) is 3.78. The summed E-state index contributed by atoms with van der Waals surface area (Å²) in [5.74, 6) is 0.777. The first kappa shape index (κ1) is 14.9. The van der Waals surface area contributed by atoms with E-state index >= 15 is 0 Å². The van der Waals surface area contributed by atoms with Crippen LogP contribution in [0.5, 0.6) is 0 Å². The Morgan fingerprint density at radius 2 is 2.06 bits per heavy atom. The van der Waals surface area contributed by atoms with Crippen LogP contribution in [-0.2, 0) is 0 Å². The molecule has 0 aliphatic heterocycles. The molecule has 17 heavy (non-hydrogen) atoms. The predicted octanol–water partition coefficient (Wildman–Crippen LogP) is 1.86. The third kappa shape index (κ3) is 6.39. The molecule has 2 atom stereocenters. The minimum Gasteiger partial charge on any atom is -0.395 e. The zero-order chi connectivity index (χ0) is 12.7. The molecule has 102 valence electrons. The summed E-state index contributed by atoms with van der Waals surface area (Å²) in [4.78, 5) is 2.51. The van der Waals surface area contributed by atoms with Crippen molar-refractivity contribution < 1.29 is 5.11 Å². The fourth-order valence-electron chi connectivity index (χ4n) is 2.10. The Morgan fingerprint density at radius 3 is 2.53 bits per heavy atom. The topological polar surface area (TPSA) is 35.5 Å². The molecule has 0 aromatic rings. The molecule has 0 bridgehead atoms. The van der Waals surface area contributed by atoms with Gasteiger partial charge in [-0.15, -0.1) is 0 Å². The molecule has 0 saturated heterocycles. The van der Waals surface area contributed by atoms with Gasteiger partial charge >= 0.3 is 0 Å². The lowest BCUT2D eigenvalue weighted by Crippen LogP contribution is -2.39. The van der Waals surface area contributed by atoms with Crippen LogP contribution in [0.1, 0.15) is 46.5 Å². The van der Waals surface area contributed by atoms with E-state index in [0.29, 0.717) is 12.1 Å². The molecule has 1 rings (SSSR count). The molecule has 0 spiro atoms. The smallest absolute Gasteiger partial charge is 0.0585 e. The Hall–Kier alpha value is -0.120. The maximum Gasteiger partial charge on any atom is 0.0585 e. The van der Waals surface area contributed by atoms with Gasteiger partial charge in [0.05, 0.1) is 6.61 Å². The number of hydrogen-bond acceptors (Lipinski definition) is 3. The molecular formula is C14H30N2O. The van der Waals surface area contributed by atoms with E-state index < -0.39 is 0 Å². The van der Waals surface area contributed by atoms with Gasteiger partial charge in [-0.25, -0.2) is 0 Å². The average molecular weight is 242 g/mol. The lowest BCUT2D eigenvalue weighted by Gasteiger charge is -2.26. The summed E-state index contributed by atoms with van der Waals surface area (Å²) in [7, 11) is 0. The Balaban J connectivity index is 2.19. The van der Waals surface area contributed by atoms with E-state index in [4.69, 9.17) is 0 Å². The Morgan fingerprint density at radius 1 is 1.35 bits per heavy atom. The van der Waals surface area contributed by atoms with Crippen molar-refractivity contribution in [2.24, 2.45) is 5.92 Å². The van der Waals surface area contributed by atoms with E-state index in [1.807, 2.05) is 0 Å². The SMILES string of the molecule is CCC(C)CN(CC)CCC(CO)NC1CC1. The molecule has 1 aliphatic carbocycles. The highest BCUT2D eigenvalue weighted by Gasteiger charge is 2.24. The van der Waals surface area contributed by atoms with Gasteiger partial charge in [0.1, 0.15) is 0 Å². The van der Waals surface area contributed by atoms with E-state index in [-0.39, 0.29) is 6.61 Å². The zero-order valence-corrected chi connectivity index (χ0v) is 11.8. The van der Waals surface area contributed by atoms with Gasteiger partial charge in [-0.2, -0.15) is 0 Å². The molecule has 1 fully saturated rings. The van der Waals surface area contributed by atoms with Crippen LogP contribution in [0.4, 0.5) is 0 Å². The van der Waals surface area contributed by atoms with Gasteiger partial charge in [0.15, 0.2) is 0 Å². The van der Waals surface area contributed by atoms with Crippen molar-refractivity contribution in [1.29, 1.82) is 0 Å². The van der Waals surface area contributed by atoms with Gasteiger partial charge < -0.3 is 15.3 Å². The maximum absolute atomic E-state index is 9.34. The first-order valence-corrected chi connectivity index (χ1v) is 7.28. The van der Waals surface area contributed by atoms with Crippen LogP contribution in [0.25, 0.3) is 0 Å². The second-order valence-electron chi connectivity index (χ2n) is 5.52. The Bertz CT molecular complexity index is 195. The largest absolute Gasteiger partial charge is 0.395 e. The molecule has 2 N–H and O–H groups in total. The van der Waals surface area contributed by atoms with E-state index in [1.165, 1.54) is 25.8 Å². The first-order chi connectivity index (χ1) is 8.19. The van der Waals surface area contributed by atoms with Crippen molar-refractivity contribution in [1.82, 2.24) is 10.2 Å².